The fraction of sp³-hybridized carbons (Fsp3) is 0.500. The minimum atomic E-state index is -0.725. The molecule has 1 amide bonds. The molecule has 5 heteroatoms. The summed E-state index contributed by atoms with van der Waals surface area (Å²) in [5, 5.41) is 14.3. The Kier molecular flexibility index (Phi) is 4.57. The molecule has 124 valence electrons. The monoisotopic (exact) mass is 316 g/mol. The van der Waals surface area contributed by atoms with Gasteiger partial charge in [0.15, 0.2) is 0 Å². The third kappa shape index (κ3) is 3.67. The van der Waals surface area contributed by atoms with Crippen LogP contribution in [0, 0.1) is 0 Å². The third-order valence-corrected chi connectivity index (χ3v) is 4.72. The predicted octanol–water partition coefficient (Wildman–Crippen LogP) is 2.53. The Bertz CT molecular complexity index is 687. The van der Waals surface area contributed by atoms with Crippen molar-refractivity contribution in [1.29, 1.82) is 0 Å². The zero-order valence-corrected chi connectivity index (χ0v) is 13.5. The van der Waals surface area contributed by atoms with Crippen LogP contribution in [0.5, 0.6) is 5.75 Å². The van der Waals surface area contributed by atoms with Crippen LogP contribution in [0.3, 0.4) is 0 Å². The van der Waals surface area contributed by atoms with E-state index in [1.807, 2.05) is 24.4 Å². The summed E-state index contributed by atoms with van der Waals surface area (Å²) in [6.45, 7) is 0.345. The minimum Gasteiger partial charge on any atom is -0.497 e. The Morgan fingerprint density at radius 3 is 2.87 bits per heavy atom. The lowest BCUT2D eigenvalue weighted by Gasteiger charge is -2.32. The molecule has 3 rings (SSSR count). The standard InChI is InChI=1S/C18H24N2O3/c1-23-14-5-6-16-15(10-14)13(11-19-16)9-17(21)20-12-18(22)7-3-2-4-8-18/h5-6,10-11,19,22H,2-4,7-9,12H2,1H3,(H,20,21). The summed E-state index contributed by atoms with van der Waals surface area (Å²) >= 11 is 0. The van der Waals surface area contributed by atoms with Gasteiger partial charge in [-0.1, -0.05) is 19.3 Å². The summed E-state index contributed by atoms with van der Waals surface area (Å²) in [5.41, 5.74) is 1.20. The second-order valence-corrected chi connectivity index (χ2v) is 6.46. The molecule has 1 aliphatic carbocycles. The maximum absolute atomic E-state index is 12.2. The molecule has 1 heterocycles. The van der Waals surface area contributed by atoms with Gasteiger partial charge in [0.05, 0.1) is 19.1 Å². The number of amides is 1. The topological polar surface area (TPSA) is 74.4 Å². The molecule has 0 spiro atoms. The molecule has 0 saturated heterocycles. The molecular formula is C18H24N2O3. The van der Waals surface area contributed by atoms with E-state index < -0.39 is 5.60 Å². The van der Waals surface area contributed by atoms with Crippen LogP contribution >= 0.6 is 0 Å². The Hall–Kier alpha value is -2.01. The molecule has 0 radical (unpaired) electrons. The van der Waals surface area contributed by atoms with Gasteiger partial charge in [-0.2, -0.15) is 0 Å². The van der Waals surface area contributed by atoms with Crippen molar-refractivity contribution in [3.8, 4) is 5.75 Å². The lowest BCUT2D eigenvalue weighted by Crippen LogP contribution is -2.44. The number of aromatic nitrogens is 1. The Morgan fingerprint density at radius 1 is 1.35 bits per heavy atom. The lowest BCUT2D eigenvalue weighted by atomic mass is 9.85. The summed E-state index contributed by atoms with van der Waals surface area (Å²) in [6.07, 6.45) is 6.95. The van der Waals surface area contributed by atoms with Gasteiger partial charge in [0, 0.05) is 23.6 Å². The van der Waals surface area contributed by atoms with E-state index in [-0.39, 0.29) is 5.91 Å². The number of nitrogens with one attached hydrogen (secondary N) is 2. The average molecular weight is 316 g/mol. The van der Waals surface area contributed by atoms with Crippen LogP contribution in [-0.2, 0) is 11.2 Å². The van der Waals surface area contributed by atoms with Crippen LogP contribution in [0.1, 0.15) is 37.7 Å². The van der Waals surface area contributed by atoms with Gasteiger partial charge in [-0.25, -0.2) is 0 Å². The van der Waals surface area contributed by atoms with Crippen molar-refractivity contribution in [2.24, 2.45) is 0 Å². The number of aromatic amines is 1. The number of carbonyl (C=O) groups is 1. The second-order valence-electron chi connectivity index (χ2n) is 6.46. The molecule has 1 fully saturated rings. The van der Waals surface area contributed by atoms with Gasteiger partial charge in [-0.15, -0.1) is 0 Å². The average Bonchev–Trinajstić information content (AvgIpc) is 2.96. The van der Waals surface area contributed by atoms with Crippen LogP contribution in [0.15, 0.2) is 24.4 Å². The maximum Gasteiger partial charge on any atom is 0.224 e. The van der Waals surface area contributed by atoms with Crippen LogP contribution < -0.4 is 10.1 Å². The number of fused-ring (bicyclic) bond motifs is 1. The van der Waals surface area contributed by atoms with Crippen molar-refractivity contribution in [3.05, 3.63) is 30.0 Å². The summed E-state index contributed by atoms with van der Waals surface area (Å²) in [6, 6.07) is 5.77. The van der Waals surface area contributed by atoms with Crippen molar-refractivity contribution < 1.29 is 14.6 Å². The van der Waals surface area contributed by atoms with E-state index in [4.69, 9.17) is 4.74 Å². The number of aliphatic hydroxyl groups is 1. The molecule has 1 aromatic heterocycles. The van der Waals surface area contributed by atoms with Gasteiger partial charge >= 0.3 is 0 Å². The van der Waals surface area contributed by atoms with E-state index in [0.29, 0.717) is 13.0 Å². The molecule has 0 aliphatic heterocycles. The van der Waals surface area contributed by atoms with Crippen LogP contribution in [0.2, 0.25) is 0 Å². The molecule has 3 N–H and O–H groups in total. The normalized spacial score (nSPS) is 17.1. The highest BCUT2D eigenvalue weighted by molar-refractivity contribution is 5.89. The Balaban J connectivity index is 1.63. The fourth-order valence-electron chi connectivity index (χ4n) is 3.32. The first-order valence-electron chi connectivity index (χ1n) is 8.23. The molecule has 1 aliphatic rings. The maximum atomic E-state index is 12.2. The number of benzene rings is 1. The molecular weight excluding hydrogens is 292 g/mol. The van der Waals surface area contributed by atoms with Gasteiger partial charge in [-0.3, -0.25) is 4.79 Å². The van der Waals surface area contributed by atoms with E-state index >= 15 is 0 Å². The van der Waals surface area contributed by atoms with Gasteiger partial charge < -0.3 is 20.1 Å². The summed E-state index contributed by atoms with van der Waals surface area (Å²) in [5.74, 6) is 0.711. The molecule has 5 nitrogen and oxygen atoms in total. The largest absolute Gasteiger partial charge is 0.497 e. The van der Waals surface area contributed by atoms with Crippen molar-refractivity contribution in [3.63, 3.8) is 0 Å². The van der Waals surface area contributed by atoms with Crippen molar-refractivity contribution in [2.45, 2.75) is 44.1 Å². The number of hydrogen-bond donors (Lipinski definition) is 3. The van der Waals surface area contributed by atoms with Crippen LogP contribution in [-0.4, -0.2) is 35.3 Å². The van der Waals surface area contributed by atoms with E-state index in [1.165, 1.54) is 6.42 Å². The van der Waals surface area contributed by atoms with Crippen molar-refractivity contribution in [2.75, 3.05) is 13.7 Å². The Labute approximate surface area is 136 Å². The number of rotatable bonds is 5. The van der Waals surface area contributed by atoms with E-state index in [2.05, 4.69) is 10.3 Å². The fourth-order valence-corrected chi connectivity index (χ4v) is 3.32. The van der Waals surface area contributed by atoms with Gasteiger partial charge in [0.25, 0.3) is 0 Å². The molecule has 1 saturated carbocycles. The third-order valence-electron chi connectivity index (χ3n) is 4.72. The smallest absolute Gasteiger partial charge is 0.224 e. The van der Waals surface area contributed by atoms with E-state index in [1.54, 1.807) is 7.11 Å². The van der Waals surface area contributed by atoms with E-state index in [9.17, 15) is 9.90 Å². The zero-order valence-electron chi connectivity index (χ0n) is 13.5. The Morgan fingerprint density at radius 2 is 2.13 bits per heavy atom. The molecule has 2 aromatic rings. The number of ether oxygens (including phenoxy) is 1. The summed E-state index contributed by atoms with van der Waals surface area (Å²) in [7, 11) is 1.63. The number of hydrogen-bond acceptors (Lipinski definition) is 3. The highest BCUT2D eigenvalue weighted by Gasteiger charge is 2.29. The summed E-state index contributed by atoms with van der Waals surface area (Å²) in [4.78, 5) is 15.4. The zero-order chi connectivity index (χ0) is 16.3. The molecule has 0 unspecified atom stereocenters. The quantitative estimate of drug-likeness (QED) is 0.793. The number of methoxy groups -OCH3 is 1. The molecule has 0 bridgehead atoms. The van der Waals surface area contributed by atoms with Gasteiger partial charge in [-0.05, 0) is 36.6 Å². The van der Waals surface area contributed by atoms with Gasteiger partial charge in [0.1, 0.15) is 5.75 Å². The molecule has 23 heavy (non-hydrogen) atoms. The highest BCUT2D eigenvalue weighted by Crippen LogP contribution is 2.27. The van der Waals surface area contributed by atoms with Gasteiger partial charge in [0.2, 0.25) is 5.91 Å². The molecule has 1 aromatic carbocycles. The van der Waals surface area contributed by atoms with Crippen LogP contribution in [0.25, 0.3) is 10.9 Å². The summed E-state index contributed by atoms with van der Waals surface area (Å²) < 4.78 is 5.24. The van der Waals surface area contributed by atoms with Crippen molar-refractivity contribution >= 4 is 16.8 Å². The minimum absolute atomic E-state index is 0.0623. The highest BCUT2D eigenvalue weighted by atomic mass is 16.5. The first-order chi connectivity index (χ1) is 11.1. The number of H-pyrrole nitrogens is 1. The van der Waals surface area contributed by atoms with E-state index in [0.717, 1.165) is 47.9 Å². The first kappa shape index (κ1) is 15.9. The van der Waals surface area contributed by atoms with Crippen molar-refractivity contribution in [1.82, 2.24) is 10.3 Å². The SMILES string of the molecule is COc1ccc2[nH]cc(CC(=O)NCC3(O)CCCCC3)c2c1. The predicted molar refractivity (Wildman–Crippen MR) is 89.6 cm³/mol. The second kappa shape index (κ2) is 6.62. The number of carbonyl (C=O) groups excluding carboxylic acids is 1. The molecule has 0 atom stereocenters. The van der Waals surface area contributed by atoms with Crippen LogP contribution in [0.4, 0.5) is 0 Å². The first-order valence-corrected chi connectivity index (χ1v) is 8.23. The lowest BCUT2D eigenvalue weighted by molar-refractivity contribution is -0.122.